The van der Waals surface area contributed by atoms with Crippen LogP contribution in [0, 0.1) is 5.92 Å². The van der Waals surface area contributed by atoms with Crippen molar-refractivity contribution in [1.29, 1.82) is 0 Å². The Balaban J connectivity index is 0. The second-order valence-electron chi connectivity index (χ2n) is 1.73. The van der Waals surface area contributed by atoms with E-state index in [1.54, 1.807) is 0 Å². The van der Waals surface area contributed by atoms with Crippen LogP contribution in [0.15, 0.2) is 0 Å². The fourth-order valence-corrected chi connectivity index (χ4v) is 0. The van der Waals surface area contributed by atoms with Gasteiger partial charge in [0.05, 0.1) is 0 Å². The molecule has 0 rings (SSSR count). The van der Waals surface area contributed by atoms with Crippen LogP contribution in [0.1, 0.15) is 20.8 Å². The van der Waals surface area contributed by atoms with E-state index in [9.17, 15) is 0 Å². The van der Waals surface area contributed by atoms with Gasteiger partial charge in [0.2, 0.25) is 0 Å². The molecule has 0 spiro atoms. The smallest absolute Gasteiger partial charge is 0.0500 e. The third-order valence-electron chi connectivity index (χ3n) is 0. The van der Waals surface area contributed by atoms with Crippen molar-refractivity contribution in [2.24, 2.45) is 5.92 Å². The van der Waals surface area contributed by atoms with Crippen molar-refractivity contribution in [3.8, 4) is 0 Å². The zero-order valence-electron chi connectivity index (χ0n) is 4.28. The molecule has 0 amide bonds. The third kappa shape index (κ3) is 9510. The minimum atomic E-state index is 0. The Bertz CT molecular complexity index is 8.36. The second kappa shape index (κ2) is 3.96. The van der Waals surface area contributed by atoms with Crippen molar-refractivity contribution >= 4 is 0 Å². The molecule has 0 aromatic heterocycles. The van der Waals surface area contributed by atoms with Crippen LogP contribution in [-0.2, 0) is 0 Å². The van der Waals surface area contributed by atoms with Gasteiger partial charge in [0, 0.05) is 0 Å². The van der Waals surface area contributed by atoms with Crippen LogP contribution in [-0.4, -0.2) is 0 Å². The molecule has 34 valence electrons. The maximum absolute atomic E-state index is 2.17. The average molecular weight is 75.2 g/mol. The zero-order chi connectivity index (χ0) is 3.58. The van der Waals surface area contributed by atoms with Gasteiger partial charge in [0.25, 0.3) is 0 Å². The van der Waals surface area contributed by atoms with E-state index in [1.807, 2.05) is 0 Å². The van der Waals surface area contributed by atoms with Gasteiger partial charge in [-0.1, -0.05) is 20.8 Å². The van der Waals surface area contributed by atoms with Gasteiger partial charge in [-0.15, -0.1) is 0 Å². The maximum Gasteiger partial charge on any atom is -0.0500 e. The van der Waals surface area contributed by atoms with E-state index in [0.29, 0.717) is 0 Å². The molecule has 0 aromatic carbocycles. The molecule has 0 aliphatic rings. The molecular weight excluding hydrogens is 62.1 g/mol. The van der Waals surface area contributed by atoms with Crippen molar-refractivity contribution < 1.29 is 0 Å². The van der Waals surface area contributed by atoms with Gasteiger partial charge in [-0.2, -0.15) is 0 Å². The lowest BCUT2D eigenvalue weighted by Crippen LogP contribution is -1.66. The van der Waals surface area contributed by atoms with Crippen molar-refractivity contribution in [1.82, 2.24) is 6.15 Å². The molecule has 1 heteroatoms. The number of hydrogen-bond donors (Lipinski definition) is 1. The van der Waals surface area contributed by atoms with E-state index in [-0.39, 0.29) is 6.15 Å². The lowest BCUT2D eigenvalue weighted by atomic mass is 10.3. The molecular formula is C4H13N. The van der Waals surface area contributed by atoms with Gasteiger partial charge >= 0.3 is 0 Å². The Morgan fingerprint density at radius 2 is 1.00 bits per heavy atom. The highest BCUT2D eigenvalue weighted by Crippen LogP contribution is 1.81. The van der Waals surface area contributed by atoms with Crippen molar-refractivity contribution in [2.75, 3.05) is 0 Å². The zero-order valence-corrected chi connectivity index (χ0v) is 4.28. The van der Waals surface area contributed by atoms with Crippen LogP contribution in [0.25, 0.3) is 0 Å². The fraction of sp³-hybridized carbons (Fsp3) is 1.00. The summed E-state index contributed by atoms with van der Waals surface area (Å²) in [4.78, 5) is 0. The molecule has 0 atom stereocenters. The van der Waals surface area contributed by atoms with E-state index in [4.69, 9.17) is 0 Å². The van der Waals surface area contributed by atoms with Crippen LogP contribution in [0.3, 0.4) is 0 Å². The predicted molar refractivity (Wildman–Crippen MR) is 25.5 cm³/mol. The molecule has 0 radical (unpaired) electrons. The van der Waals surface area contributed by atoms with Gasteiger partial charge in [0.1, 0.15) is 0 Å². The fourth-order valence-electron chi connectivity index (χ4n) is 0. The molecule has 0 aliphatic heterocycles. The van der Waals surface area contributed by atoms with Crippen LogP contribution in [0.4, 0.5) is 0 Å². The van der Waals surface area contributed by atoms with Crippen molar-refractivity contribution in [3.05, 3.63) is 0 Å². The first-order chi connectivity index (χ1) is 1.73. The minimum Gasteiger partial charge on any atom is -0.344 e. The van der Waals surface area contributed by atoms with Crippen LogP contribution in [0.2, 0.25) is 0 Å². The summed E-state index contributed by atoms with van der Waals surface area (Å²) < 4.78 is 0. The molecule has 0 aliphatic carbocycles. The molecule has 3 N–H and O–H groups in total. The first-order valence-corrected chi connectivity index (χ1v) is 1.73. The van der Waals surface area contributed by atoms with E-state index < -0.39 is 0 Å². The molecule has 0 saturated carbocycles. The first kappa shape index (κ1) is 8.88. The monoisotopic (exact) mass is 75.1 g/mol. The van der Waals surface area contributed by atoms with Crippen LogP contribution in [0.5, 0.6) is 0 Å². The number of hydrogen-bond acceptors (Lipinski definition) is 1. The van der Waals surface area contributed by atoms with Crippen LogP contribution < -0.4 is 6.15 Å². The minimum absolute atomic E-state index is 0. The molecule has 0 unspecified atom stereocenters. The molecule has 0 fully saturated rings. The van der Waals surface area contributed by atoms with E-state index in [1.165, 1.54) is 0 Å². The standard InChI is InChI=1S/C4H10.H3N/c1-4(2)3;/h4H,1-3H3;1H3. The Morgan fingerprint density at radius 3 is 1.00 bits per heavy atom. The van der Waals surface area contributed by atoms with Gasteiger partial charge in [0.15, 0.2) is 0 Å². The van der Waals surface area contributed by atoms with E-state index in [0.717, 1.165) is 5.92 Å². The highest BCUT2D eigenvalue weighted by molar-refractivity contribution is 4.20. The van der Waals surface area contributed by atoms with E-state index in [2.05, 4.69) is 20.8 Å². The Hall–Kier alpha value is -0.0400. The van der Waals surface area contributed by atoms with Gasteiger partial charge in [-0.3, -0.25) is 0 Å². The molecule has 0 saturated heterocycles. The third-order valence-corrected chi connectivity index (χ3v) is 0. The van der Waals surface area contributed by atoms with Crippen molar-refractivity contribution in [2.45, 2.75) is 20.8 Å². The van der Waals surface area contributed by atoms with Crippen molar-refractivity contribution in [3.63, 3.8) is 0 Å². The Kier molecular flexibility index (Phi) is 7.03. The topological polar surface area (TPSA) is 35.0 Å². The number of rotatable bonds is 0. The summed E-state index contributed by atoms with van der Waals surface area (Å²) >= 11 is 0. The quantitative estimate of drug-likeness (QED) is 0.468. The average Bonchev–Trinajstić information content (AvgIpc) is 0.811. The summed E-state index contributed by atoms with van der Waals surface area (Å²) in [5, 5.41) is 0. The largest absolute Gasteiger partial charge is 0.344 e. The lowest BCUT2D eigenvalue weighted by Gasteiger charge is -1.79. The maximum atomic E-state index is 2.17. The lowest BCUT2D eigenvalue weighted by molar-refractivity contribution is 0.737. The normalized spacial score (nSPS) is 7.20. The van der Waals surface area contributed by atoms with Gasteiger partial charge in [-0.05, 0) is 5.92 Å². The summed E-state index contributed by atoms with van der Waals surface area (Å²) in [5.41, 5.74) is 0. The summed E-state index contributed by atoms with van der Waals surface area (Å²) in [6, 6.07) is 0. The summed E-state index contributed by atoms with van der Waals surface area (Å²) in [7, 11) is 0. The Morgan fingerprint density at radius 1 is 1.00 bits per heavy atom. The summed E-state index contributed by atoms with van der Waals surface area (Å²) in [6.45, 7) is 6.50. The summed E-state index contributed by atoms with van der Waals surface area (Å²) in [6.07, 6.45) is 0. The first-order valence-electron chi connectivity index (χ1n) is 1.73. The molecule has 1 nitrogen and oxygen atoms in total. The second-order valence-corrected chi connectivity index (χ2v) is 1.73. The van der Waals surface area contributed by atoms with Crippen LogP contribution >= 0.6 is 0 Å². The molecule has 0 aromatic rings. The van der Waals surface area contributed by atoms with Gasteiger partial charge < -0.3 is 6.15 Å². The molecule has 5 heavy (non-hydrogen) atoms. The highest BCUT2D eigenvalue weighted by Gasteiger charge is 1.68. The summed E-state index contributed by atoms with van der Waals surface area (Å²) in [5.74, 6) is 0.833. The van der Waals surface area contributed by atoms with Gasteiger partial charge in [-0.25, -0.2) is 0 Å². The SMILES string of the molecule is CC(C)C.N. The molecule has 0 bridgehead atoms. The predicted octanol–water partition coefficient (Wildman–Crippen LogP) is 1.82. The van der Waals surface area contributed by atoms with E-state index >= 15 is 0 Å². The Labute approximate surface area is 34.0 Å². The highest BCUT2D eigenvalue weighted by atomic mass is 14.0. The molecule has 0 heterocycles.